The molecule has 0 saturated carbocycles. The minimum atomic E-state index is -4.96. The zero-order valence-electron chi connectivity index (χ0n) is 62.8. The van der Waals surface area contributed by atoms with E-state index in [9.17, 15) is 43.2 Å². The Labute approximate surface area is 588 Å². The first kappa shape index (κ1) is 94.1. The molecule has 0 spiro atoms. The summed E-state index contributed by atoms with van der Waals surface area (Å²) in [7, 11) is -9.91. The van der Waals surface area contributed by atoms with Crippen molar-refractivity contribution in [2.75, 3.05) is 39.6 Å². The zero-order valence-corrected chi connectivity index (χ0v) is 64.6. The highest BCUT2D eigenvalue weighted by Crippen LogP contribution is 2.45. The number of aliphatic hydroxyl groups excluding tert-OH is 1. The van der Waals surface area contributed by atoms with Gasteiger partial charge in [0.15, 0.2) is 12.2 Å². The third kappa shape index (κ3) is 69.2. The lowest BCUT2D eigenvalue weighted by molar-refractivity contribution is -0.161. The van der Waals surface area contributed by atoms with Crippen molar-refractivity contribution in [3.05, 3.63) is 0 Å². The first-order chi connectivity index (χ1) is 46.3. The van der Waals surface area contributed by atoms with E-state index in [-0.39, 0.29) is 25.7 Å². The quantitative estimate of drug-likeness (QED) is 0.0222. The van der Waals surface area contributed by atoms with Crippen LogP contribution in [0.3, 0.4) is 0 Å². The van der Waals surface area contributed by atoms with Crippen LogP contribution >= 0.6 is 15.6 Å². The number of carbonyl (C=O) groups excluding carboxylic acids is 4. The number of ether oxygens (including phenoxy) is 4. The summed E-state index contributed by atoms with van der Waals surface area (Å²) >= 11 is 0. The van der Waals surface area contributed by atoms with Crippen molar-refractivity contribution in [3.63, 3.8) is 0 Å². The summed E-state index contributed by atoms with van der Waals surface area (Å²) in [5.74, 6) is 0.265. The van der Waals surface area contributed by atoms with Gasteiger partial charge in [-0.25, -0.2) is 9.13 Å². The average Bonchev–Trinajstić information content (AvgIpc) is 2.09. The first-order valence-electron chi connectivity index (χ1n) is 39.9. The number of phosphoric ester groups is 2. The van der Waals surface area contributed by atoms with Gasteiger partial charge in [-0.2, -0.15) is 0 Å². The molecule has 0 aromatic rings. The number of hydrogen-bond acceptors (Lipinski definition) is 15. The van der Waals surface area contributed by atoms with Gasteiger partial charge in [0, 0.05) is 25.7 Å². The third-order valence-electron chi connectivity index (χ3n) is 18.2. The van der Waals surface area contributed by atoms with Crippen LogP contribution in [0.25, 0.3) is 0 Å². The summed E-state index contributed by atoms with van der Waals surface area (Å²) in [6.07, 6.45) is 53.9. The number of hydrogen-bond donors (Lipinski definition) is 3. The van der Waals surface area contributed by atoms with E-state index in [0.29, 0.717) is 25.7 Å². The largest absolute Gasteiger partial charge is 0.472 e. The molecule has 19 heteroatoms. The van der Waals surface area contributed by atoms with Gasteiger partial charge in [-0.3, -0.25) is 37.3 Å². The van der Waals surface area contributed by atoms with Crippen LogP contribution in [0.15, 0.2) is 0 Å². The van der Waals surface area contributed by atoms with Crippen molar-refractivity contribution in [2.24, 2.45) is 17.8 Å². The van der Waals surface area contributed by atoms with Crippen LogP contribution < -0.4 is 0 Å². The van der Waals surface area contributed by atoms with E-state index in [4.69, 9.17) is 37.0 Å². The topological polar surface area (TPSA) is 237 Å². The molecule has 0 aromatic heterocycles. The number of unbranched alkanes of at least 4 members (excludes halogenated alkanes) is 42. The maximum atomic E-state index is 13.1. The summed E-state index contributed by atoms with van der Waals surface area (Å²) in [6.45, 7) is 12.0. The zero-order chi connectivity index (χ0) is 70.9. The van der Waals surface area contributed by atoms with Crippen molar-refractivity contribution < 1.29 is 80.2 Å². The number of aliphatic hydroxyl groups is 1. The lowest BCUT2D eigenvalue weighted by Crippen LogP contribution is -2.30. The van der Waals surface area contributed by atoms with Crippen LogP contribution in [0.2, 0.25) is 0 Å². The van der Waals surface area contributed by atoms with Crippen LogP contribution in [0.4, 0.5) is 0 Å². The Morgan fingerprint density at radius 2 is 0.531 bits per heavy atom. The molecule has 0 aliphatic rings. The molecule has 0 amide bonds. The molecular formula is C77H150O17P2. The number of esters is 4. The highest BCUT2D eigenvalue weighted by atomic mass is 31.2. The fraction of sp³-hybridized carbons (Fsp3) is 0.948. The normalized spacial score (nSPS) is 14.3. The maximum absolute atomic E-state index is 13.1. The fourth-order valence-electron chi connectivity index (χ4n) is 11.7. The molecule has 0 rings (SSSR count). The number of carbonyl (C=O) groups is 4. The van der Waals surface area contributed by atoms with Crippen molar-refractivity contribution in [1.82, 2.24) is 0 Å². The number of rotatable bonds is 75. The van der Waals surface area contributed by atoms with E-state index in [1.54, 1.807) is 0 Å². The molecule has 3 unspecified atom stereocenters. The van der Waals surface area contributed by atoms with Crippen molar-refractivity contribution in [2.45, 2.75) is 414 Å². The van der Waals surface area contributed by atoms with E-state index < -0.39 is 97.5 Å². The number of phosphoric acid groups is 2. The Morgan fingerprint density at radius 3 is 0.792 bits per heavy atom. The third-order valence-corrected chi connectivity index (χ3v) is 20.1. The Balaban J connectivity index is 5.26. The highest BCUT2D eigenvalue weighted by molar-refractivity contribution is 7.47. The molecule has 0 aliphatic heterocycles. The molecule has 0 aliphatic carbocycles. The predicted octanol–water partition coefficient (Wildman–Crippen LogP) is 22.6. The SMILES string of the molecule is CCCCCCCCCCCCC(=O)OC[C@H](COP(=O)(O)OC[C@H](O)COP(=O)(O)OC[C@@H](COC(=O)CCCCCCCCCCCCCCCC(C)C)OC(=O)CCCCCCCCCCCCCCCC(C)C)OC(=O)CCCCCCCCCCCCC(C)CC. The van der Waals surface area contributed by atoms with Crippen LogP contribution in [0.1, 0.15) is 395 Å². The Kier molecular flexibility index (Phi) is 66.2. The Bertz CT molecular complexity index is 1870. The van der Waals surface area contributed by atoms with E-state index in [1.807, 2.05) is 0 Å². The second-order valence-corrected chi connectivity index (χ2v) is 31.8. The van der Waals surface area contributed by atoms with Gasteiger partial charge in [-0.05, 0) is 43.4 Å². The van der Waals surface area contributed by atoms with Gasteiger partial charge < -0.3 is 33.8 Å². The van der Waals surface area contributed by atoms with Gasteiger partial charge >= 0.3 is 39.5 Å². The van der Waals surface area contributed by atoms with Crippen molar-refractivity contribution in [1.29, 1.82) is 0 Å². The van der Waals surface area contributed by atoms with Gasteiger partial charge in [-0.15, -0.1) is 0 Å². The lowest BCUT2D eigenvalue weighted by Gasteiger charge is -2.21. The van der Waals surface area contributed by atoms with Gasteiger partial charge in [-0.1, -0.05) is 344 Å². The van der Waals surface area contributed by atoms with Crippen LogP contribution in [-0.2, 0) is 65.4 Å². The molecule has 96 heavy (non-hydrogen) atoms. The molecule has 17 nitrogen and oxygen atoms in total. The van der Waals surface area contributed by atoms with E-state index in [0.717, 1.165) is 108 Å². The van der Waals surface area contributed by atoms with Gasteiger partial charge in [0.25, 0.3) is 0 Å². The molecule has 570 valence electrons. The highest BCUT2D eigenvalue weighted by Gasteiger charge is 2.30. The van der Waals surface area contributed by atoms with E-state index >= 15 is 0 Å². The van der Waals surface area contributed by atoms with Crippen molar-refractivity contribution in [3.8, 4) is 0 Å². The minimum absolute atomic E-state index is 0.106. The first-order valence-corrected chi connectivity index (χ1v) is 42.9. The maximum Gasteiger partial charge on any atom is 0.472 e. The molecule has 0 fully saturated rings. The molecule has 0 heterocycles. The molecule has 0 aromatic carbocycles. The molecule has 0 bridgehead atoms. The molecule has 3 N–H and O–H groups in total. The smallest absolute Gasteiger partial charge is 0.462 e. The summed E-state index contributed by atoms with van der Waals surface area (Å²) in [5.41, 5.74) is 0. The van der Waals surface area contributed by atoms with Crippen LogP contribution in [0.5, 0.6) is 0 Å². The fourth-order valence-corrected chi connectivity index (χ4v) is 13.3. The molecular weight excluding hydrogens is 1260 g/mol. The summed E-state index contributed by atoms with van der Waals surface area (Å²) in [5, 5.41) is 10.6. The molecule has 6 atom stereocenters. The summed E-state index contributed by atoms with van der Waals surface area (Å²) in [6, 6.07) is 0. The minimum Gasteiger partial charge on any atom is -0.462 e. The molecule has 0 radical (unpaired) electrons. The molecule has 0 saturated heterocycles. The van der Waals surface area contributed by atoms with Crippen LogP contribution in [0, 0.1) is 17.8 Å². The Hall–Kier alpha value is -1.94. The van der Waals surface area contributed by atoms with Gasteiger partial charge in [0.1, 0.15) is 19.3 Å². The second-order valence-electron chi connectivity index (χ2n) is 28.9. The van der Waals surface area contributed by atoms with Gasteiger partial charge in [0.2, 0.25) is 0 Å². The summed E-state index contributed by atoms with van der Waals surface area (Å²) < 4.78 is 68.6. The van der Waals surface area contributed by atoms with Crippen molar-refractivity contribution >= 4 is 39.5 Å². The predicted molar refractivity (Wildman–Crippen MR) is 391 cm³/mol. The lowest BCUT2D eigenvalue weighted by atomic mass is 9.99. The van der Waals surface area contributed by atoms with E-state index in [2.05, 4.69) is 48.5 Å². The standard InChI is InChI=1S/C77H150O17P2/c1-8-10-11-12-13-14-30-37-44-51-58-74(79)87-64-72(94-77(82)61-54-47-40-33-26-25-29-36-43-50-57-70(7)9-2)66-91-95(83,84)89-62-71(78)63-90-96(85,86)92-67-73(93-76(81)60-53-46-39-32-24-20-16-18-22-28-35-42-49-56-69(5)6)65-88-75(80)59-52-45-38-31-23-19-15-17-21-27-34-41-48-55-68(3)4/h68-73,78H,8-67H2,1-7H3,(H,83,84)(H,85,86)/t70?,71-,72+,73+/m0/s1. The van der Waals surface area contributed by atoms with E-state index in [1.165, 1.54) is 205 Å². The van der Waals surface area contributed by atoms with Gasteiger partial charge in [0.05, 0.1) is 26.4 Å². The monoisotopic (exact) mass is 1410 g/mol. The second kappa shape index (κ2) is 67.5. The summed E-state index contributed by atoms with van der Waals surface area (Å²) in [4.78, 5) is 72.9. The average molecular weight is 1410 g/mol. The Morgan fingerprint density at radius 1 is 0.302 bits per heavy atom. The van der Waals surface area contributed by atoms with Crippen LogP contribution in [-0.4, -0.2) is 96.7 Å².